The minimum atomic E-state index is 0.264. The third-order valence-corrected chi connectivity index (χ3v) is 3.63. The van der Waals surface area contributed by atoms with E-state index in [9.17, 15) is 4.79 Å². The van der Waals surface area contributed by atoms with Crippen molar-refractivity contribution in [1.29, 1.82) is 0 Å². The molecule has 1 fully saturated rings. The van der Waals surface area contributed by atoms with Crippen LogP contribution < -0.4 is 0 Å². The van der Waals surface area contributed by atoms with Gasteiger partial charge in [0, 0.05) is 18.4 Å². The molecule has 76 valence electrons. The van der Waals surface area contributed by atoms with Crippen molar-refractivity contribution >= 4 is 5.78 Å². The van der Waals surface area contributed by atoms with Crippen molar-refractivity contribution in [2.75, 3.05) is 20.6 Å². The van der Waals surface area contributed by atoms with Gasteiger partial charge in [0.1, 0.15) is 5.78 Å². The third kappa shape index (κ3) is 1.93. The fraction of sp³-hybridized carbons (Fsp3) is 0.909. The molecule has 1 saturated carbocycles. The summed E-state index contributed by atoms with van der Waals surface area (Å²) >= 11 is 0. The molecular formula is C11H21NO. The van der Waals surface area contributed by atoms with Gasteiger partial charge in [0.2, 0.25) is 0 Å². The largest absolute Gasteiger partial charge is 0.309 e. The van der Waals surface area contributed by atoms with E-state index >= 15 is 0 Å². The van der Waals surface area contributed by atoms with E-state index in [4.69, 9.17) is 0 Å². The van der Waals surface area contributed by atoms with E-state index in [0.717, 1.165) is 6.54 Å². The Morgan fingerprint density at radius 3 is 2.00 bits per heavy atom. The van der Waals surface area contributed by atoms with Crippen LogP contribution in [0, 0.1) is 23.7 Å². The number of hydrogen-bond acceptors (Lipinski definition) is 2. The van der Waals surface area contributed by atoms with Gasteiger partial charge in [-0.2, -0.15) is 0 Å². The monoisotopic (exact) mass is 183 g/mol. The van der Waals surface area contributed by atoms with Crippen LogP contribution in [0.1, 0.15) is 20.8 Å². The Kier molecular flexibility index (Phi) is 3.12. The lowest BCUT2D eigenvalue weighted by Crippen LogP contribution is -2.28. The van der Waals surface area contributed by atoms with Gasteiger partial charge in [-0.25, -0.2) is 0 Å². The molecule has 1 aliphatic rings. The standard InChI is InChI=1S/C11H21NO/c1-7-8(2)10(6-12(4)5)11(13)9(7)3/h7-10H,6H2,1-5H3. The van der Waals surface area contributed by atoms with Gasteiger partial charge in [0.15, 0.2) is 0 Å². The van der Waals surface area contributed by atoms with Gasteiger partial charge in [-0.15, -0.1) is 0 Å². The summed E-state index contributed by atoms with van der Waals surface area (Å²) in [6.07, 6.45) is 0. The maximum absolute atomic E-state index is 11.8. The molecule has 2 heteroatoms. The van der Waals surface area contributed by atoms with E-state index in [1.165, 1.54) is 0 Å². The first-order valence-electron chi connectivity index (χ1n) is 5.13. The SMILES string of the molecule is CC1C(=O)C(CN(C)C)C(C)C1C. The fourth-order valence-electron chi connectivity index (χ4n) is 2.33. The van der Waals surface area contributed by atoms with Crippen LogP contribution in [0.2, 0.25) is 0 Å². The molecule has 1 aliphatic carbocycles. The van der Waals surface area contributed by atoms with Crippen LogP contribution in [0.25, 0.3) is 0 Å². The molecule has 0 spiro atoms. The smallest absolute Gasteiger partial charge is 0.140 e. The van der Waals surface area contributed by atoms with Crippen molar-refractivity contribution in [3.8, 4) is 0 Å². The highest BCUT2D eigenvalue weighted by molar-refractivity contribution is 5.86. The first-order valence-corrected chi connectivity index (χ1v) is 5.13. The van der Waals surface area contributed by atoms with E-state index in [1.54, 1.807) is 0 Å². The Hall–Kier alpha value is -0.370. The minimum absolute atomic E-state index is 0.264. The van der Waals surface area contributed by atoms with Gasteiger partial charge < -0.3 is 4.90 Å². The molecule has 0 bridgehead atoms. The normalized spacial score (nSPS) is 40.3. The lowest BCUT2D eigenvalue weighted by Gasteiger charge is -2.20. The number of carbonyl (C=O) groups is 1. The van der Waals surface area contributed by atoms with Crippen LogP contribution in [0.3, 0.4) is 0 Å². The van der Waals surface area contributed by atoms with Gasteiger partial charge in [0.05, 0.1) is 0 Å². The number of nitrogens with zero attached hydrogens (tertiary/aromatic N) is 1. The summed E-state index contributed by atoms with van der Waals surface area (Å²) in [6, 6.07) is 0. The molecule has 4 unspecified atom stereocenters. The lowest BCUT2D eigenvalue weighted by atomic mass is 9.91. The van der Waals surface area contributed by atoms with Crippen molar-refractivity contribution in [2.24, 2.45) is 23.7 Å². The second-order valence-corrected chi connectivity index (χ2v) is 4.78. The van der Waals surface area contributed by atoms with Crippen LogP contribution in [-0.4, -0.2) is 31.3 Å². The van der Waals surface area contributed by atoms with Crippen molar-refractivity contribution in [3.63, 3.8) is 0 Å². The van der Waals surface area contributed by atoms with Crippen LogP contribution in [0.15, 0.2) is 0 Å². The highest BCUT2D eigenvalue weighted by atomic mass is 16.1. The predicted molar refractivity (Wildman–Crippen MR) is 54.5 cm³/mol. The predicted octanol–water partition coefficient (Wildman–Crippen LogP) is 1.66. The van der Waals surface area contributed by atoms with E-state index < -0.39 is 0 Å². The Morgan fingerprint density at radius 2 is 1.69 bits per heavy atom. The molecule has 0 radical (unpaired) electrons. The molecule has 13 heavy (non-hydrogen) atoms. The molecule has 0 heterocycles. The van der Waals surface area contributed by atoms with E-state index in [-0.39, 0.29) is 11.8 Å². The molecule has 0 amide bonds. The van der Waals surface area contributed by atoms with Crippen molar-refractivity contribution in [3.05, 3.63) is 0 Å². The number of Topliss-reactive ketones (excluding diaryl/α,β-unsaturated/α-hetero) is 1. The molecule has 0 aromatic heterocycles. The maximum Gasteiger partial charge on any atom is 0.140 e. The molecule has 1 rings (SSSR count). The maximum atomic E-state index is 11.8. The van der Waals surface area contributed by atoms with Gasteiger partial charge in [-0.3, -0.25) is 4.79 Å². The lowest BCUT2D eigenvalue weighted by molar-refractivity contribution is -0.124. The Morgan fingerprint density at radius 1 is 1.15 bits per heavy atom. The summed E-state index contributed by atoms with van der Waals surface area (Å²) in [7, 11) is 4.07. The zero-order chi connectivity index (χ0) is 10.2. The first-order chi connectivity index (χ1) is 5.95. The molecule has 2 nitrogen and oxygen atoms in total. The molecule has 4 atom stereocenters. The van der Waals surface area contributed by atoms with Crippen LogP contribution in [-0.2, 0) is 4.79 Å². The van der Waals surface area contributed by atoms with Crippen molar-refractivity contribution in [1.82, 2.24) is 4.90 Å². The highest BCUT2D eigenvalue weighted by Crippen LogP contribution is 2.38. The summed E-state index contributed by atoms with van der Waals surface area (Å²) in [6.45, 7) is 7.39. The second kappa shape index (κ2) is 3.79. The third-order valence-electron chi connectivity index (χ3n) is 3.63. The molecule has 0 aromatic carbocycles. The van der Waals surface area contributed by atoms with Crippen molar-refractivity contribution in [2.45, 2.75) is 20.8 Å². The first kappa shape index (κ1) is 10.7. The molecule has 0 N–H and O–H groups in total. The average molecular weight is 183 g/mol. The molecule has 0 aromatic rings. The molecular weight excluding hydrogens is 162 g/mol. The summed E-state index contributed by atoms with van der Waals surface area (Å²) in [5, 5.41) is 0. The average Bonchev–Trinajstić information content (AvgIpc) is 2.22. The Bertz CT molecular complexity index is 200. The number of carbonyl (C=O) groups excluding carboxylic acids is 1. The summed E-state index contributed by atoms with van der Waals surface area (Å²) in [4.78, 5) is 13.9. The fourth-order valence-corrected chi connectivity index (χ4v) is 2.33. The van der Waals surface area contributed by atoms with Crippen LogP contribution >= 0.6 is 0 Å². The van der Waals surface area contributed by atoms with Crippen molar-refractivity contribution < 1.29 is 4.79 Å². The second-order valence-electron chi connectivity index (χ2n) is 4.78. The number of hydrogen-bond donors (Lipinski definition) is 0. The zero-order valence-electron chi connectivity index (χ0n) is 9.37. The number of rotatable bonds is 2. The molecule has 0 saturated heterocycles. The highest BCUT2D eigenvalue weighted by Gasteiger charge is 2.42. The Labute approximate surface area is 81.3 Å². The van der Waals surface area contributed by atoms with Crippen LogP contribution in [0.5, 0.6) is 0 Å². The minimum Gasteiger partial charge on any atom is -0.309 e. The topological polar surface area (TPSA) is 20.3 Å². The number of ketones is 1. The van der Waals surface area contributed by atoms with Gasteiger partial charge >= 0.3 is 0 Å². The van der Waals surface area contributed by atoms with Gasteiger partial charge in [0.25, 0.3) is 0 Å². The Balaban J connectivity index is 2.70. The summed E-state index contributed by atoms with van der Waals surface area (Å²) < 4.78 is 0. The van der Waals surface area contributed by atoms with Crippen LogP contribution in [0.4, 0.5) is 0 Å². The quantitative estimate of drug-likeness (QED) is 0.649. The van der Waals surface area contributed by atoms with Gasteiger partial charge in [-0.05, 0) is 25.9 Å². The molecule has 0 aliphatic heterocycles. The summed E-state index contributed by atoms with van der Waals surface area (Å²) in [5.41, 5.74) is 0. The van der Waals surface area contributed by atoms with E-state index in [0.29, 0.717) is 17.6 Å². The van der Waals surface area contributed by atoms with E-state index in [1.807, 2.05) is 14.1 Å². The zero-order valence-corrected chi connectivity index (χ0v) is 9.37. The van der Waals surface area contributed by atoms with E-state index in [2.05, 4.69) is 25.7 Å². The van der Waals surface area contributed by atoms with Gasteiger partial charge in [-0.1, -0.05) is 20.8 Å². The summed E-state index contributed by atoms with van der Waals surface area (Å²) in [5.74, 6) is 2.09.